The molecule has 2 N–H and O–H groups in total. The fourth-order valence-electron chi connectivity index (χ4n) is 5.69. The molecule has 0 aliphatic carbocycles. The number of amides is 2. The number of nitrogens with zero attached hydrogens (tertiary/aromatic N) is 1. The van der Waals surface area contributed by atoms with E-state index in [1.54, 1.807) is 4.90 Å². The number of benzene rings is 3. The lowest BCUT2D eigenvalue weighted by Crippen LogP contribution is -2.67. The monoisotopic (exact) mass is 495 g/mol. The van der Waals surface area contributed by atoms with Crippen LogP contribution in [0.2, 0.25) is 0 Å². The Hall–Kier alpha value is -4.30. The van der Waals surface area contributed by atoms with Crippen molar-refractivity contribution in [3.8, 4) is 11.5 Å². The Morgan fingerprint density at radius 2 is 1.76 bits per heavy atom. The van der Waals surface area contributed by atoms with Crippen molar-refractivity contribution in [2.75, 3.05) is 13.4 Å². The first-order chi connectivity index (χ1) is 18.2. The quantitative estimate of drug-likeness (QED) is 0.443. The maximum Gasteiger partial charge on any atom is 0.249 e. The van der Waals surface area contributed by atoms with Crippen molar-refractivity contribution < 1.29 is 23.8 Å². The summed E-state index contributed by atoms with van der Waals surface area (Å²) < 4.78 is 17.0. The number of para-hydroxylation sites is 1. The van der Waals surface area contributed by atoms with E-state index in [1.165, 1.54) is 0 Å². The van der Waals surface area contributed by atoms with Crippen molar-refractivity contribution in [2.45, 2.75) is 31.2 Å². The van der Waals surface area contributed by atoms with E-state index in [4.69, 9.17) is 14.2 Å². The van der Waals surface area contributed by atoms with E-state index in [9.17, 15) is 9.59 Å². The molecule has 1 aromatic heterocycles. The van der Waals surface area contributed by atoms with Crippen LogP contribution in [0, 0.1) is 0 Å². The Kier molecular flexibility index (Phi) is 5.14. The third-order valence-corrected chi connectivity index (χ3v) is 7.41. The highest BCUT2D eigenvalue weighted by molar-refractivity contribution is 5.99. The molecule has 8 heteroatoms. The van der Waals surface area contributed by atoms with E-state index >= 15 is 0 Å². The number of ether oxygens (including phenoxy) is 3. The van der Waals surface area contributed by atoms with Gasteiger partial charge in [-0.2, -0.15) is 0 Å². The van der Waals surface area contributed by atoms with Gasteiger partial charge in [-0.05, 0) is 34.9 Å². The average molecular weight is 496 g/mol. The van der Waals surface area contributed by atoms with Crippen LogP contribution >= 0.6 is 0 Å². The van der Waals surface area contributed by atoms with Crippen LogP contribution in [0.5, 0.6) is 11.5 Å². The largest absolute Gasteiger partial charge is 0.454 e. The third kappa shape index (κ3) is 3.64. The second-order valence-corrected chi connectivity index (χ2v) is 9.61. The molecule has 186 valence electrons. The van der Waals surface area contributed by atoms with Crippen molar-refractivity contribution in [3.05, 3.63) is 95.2 Å². The van der Waals surface area contributed by atoms with E-state index in [0.717, 1.165) is 33.3 Å². The van der Waals surface area contributed by atoms with Gasteiger partial charge < -0.3 is 29.4 Å². The Morgan fingerprint density at radius 1 is 0.946 bits per heavy atom. The summed E-state index contributed by atoms with van der Waals surface area (Å²) in [6.07, 6.45) is 0.440. The molecule has 1 fully saturated rings. The normalized spacial score (nSPS) is 22.1. The number of nitrogens with one attached hydrogen (secondary N) is 2. The van der Waals surface area contributed by atoms with E-state index in [2.05, 4.69) is 16.4 Å². The molecule has 1 saturated heterocycles. The highest BCUT2D eigenvalue weighted by atomic mass is 16.7. The average Bonchev–Trinajstić information content (AvgIpc) is 3.55. The molecule has 3 aliphatic rings. The maximum atomic E-state index is 14.0. The molecule has 0 spiro atoms. The minimum Gasteiger partial charge on any atom is -0.454 e. The molecule has 7 rings (SSSR count). The number of carbonyl (C=O) groups is 2. The van der Waals surface area contributed by atoms with Crippen molar-refractivity contribution in [2.24, 2.45) is 0 Å². The van der Waals surface area contributed by atoms with Crippen LogP contribution in [0.15, 0.2) is 72.8 Å². The fourth-order valence-corrected chi connectivity index (χ4v) is 5.69. The predicted octanol–water partition coefficient (Wildman–Crippen LogP) is 3.45. The van der Waals surface area contributed by atoms with Gasteiger partial charge in [-0.1, -0.05) is 54.6 Å². The Labute approximate surface area is 213 Å². The number of aromatic amines is 1. The number of piperazine rings is 1. The highest BCUT2D eigenvalue weighted by Crippen LogP contribution is 2.44. The molecule has 37 heavy (non-hydrogen) atoms. The van der Waals surface area contributed by atoms with Crippen LogP contribution in [0.3, 0.4) is 0 Å². The number of aromatic nitrogens is 1. The van der Waals surface area contributed by atoms with Gasteiger partial charge in [0.15, 0.2) is 11.5 Å². The lowest BCUT2D eigenvalue weighted by atomic mass is 9.85. The molecule has 0 saturated carbocycles. The number of H-pyrrole nitrogens is 1. The summed E-state index contributed by atoms with van der Waals surface area (Å²) in [5, 5.41) is 3.99. The van der Waals surface area contributed by atoms with Gasteiger partial charge in [0.25, 0.3) is 0 Å². The van der Waals surface area contributed by atoms with Crippen LogP contribution in [-0.2, 0) is 27.4 Å². The SMILES string of the molecule is O=C1N[C@@H](COCc2ccccc2)C(=O)N2C(c3ccc4c(c3)OCO4)c3[nH]c4ccccc4c3C[C@H]12. The molecule has 4 aromatic rings. The zero-order chi connectivity index (χ0) is 24.9. The lowest BCUT2D eigenvalue weighted by molar-refractivity contribution is -0.154. The molecule has 2 amide bonds. The number of fused-ring (bicyclic) bond motifs is 5. The molecule has 0 radical (unpaired) electrons. The molecule has 3 atom stereocenters. The Bertz CT molecular complexity index is 1510. The third-order valence-electron chi connectivity index (χ3n) is 7.41. The lowest BCUT2D eigenvalue weighted by Gasteiger charge is -2.46. The zero-order valence-electron chi connectivity index (χ0n) is 20.0. The molecule has 3 aromatic carbocycles. The Balaban J connectivity index is 1.27. The van der Waals surface area contributed by atoms with E-state index < -0.39 is 18.1 Å². The van der Waals surface area contributed by atoms with Crippen LogP contribution in [0.25, 0.3) is 10.9 Å². The summed E-state index contributed by atoms with van der Waals surface area (Å²) in [7, 11) is 0. The number of hydrogen-bond donors (Lipinski definition) is 2. The number of carbonyl (C=O) groups excluding carboxylic acids is 2. The minimum absolute atomic E-state index is 0.0934. The summed E-state index contributed by atoms with van der Waals surface area (Å²) >= 11 is 0. The van der Waals surface area contributed by atoms with Gasteiger partial charge in [0.05, 0.1) is 19.3 Å². The summed E-state index contributed by atoms with van der Waals surface area (Å²) in [5.74, 6) is 0.969. The second kappa shape index (κ2) is 8.67. The topological polar surface area (TPSA) is 92.9 Å². The van der Waals surface area contributed by atoms with E-state index in [-0.39, 0.29) is 25.2 Å². The van der Waals surface area contributed by atoms with Crippen molar-refractivity contribution >= 4 is 22.7 Å². The summed E-state index contributed by atoms with van der Waals surface area (Å²) in [4.78, 5) is 32.7. The molecule has 1 unspecified atom stereocenters. The second-order valence-electron chi connectivity index (χ2n) is 9.61. The van der Waals surface area contributed by atoms with Crippen LogP contribution in [-0.4, -0.2) is 47.2 Å². The first-order valence-corrected chi connectivity index (χ1v) is 12.4. The molecular weight excluding hydrogens is 470 g/mol. The van der Waals surface area contributed by atoms with Gasteiger partial charge in [-0.15, -0.1) is 0 Å². The summed E-state index contributed by atoms with van der Waals surface area (Å²) in [6.45, 7) is 0.618. The van der Waals surface area contributed by atoms with Crippen LogP contribution < -0.4 is 14.8 Å². The van der Waals surface area contributed by atoms with E-state index in [0.29, 0.717) is 24.5 Å². The van der Waals surface area contributed by atoms with Gasteiger partial charge in [0.2, 0.25) is 18.6 Å². The minimum atomic E-state index is -0.769. The van der Waals surface area contributed by atoms with Crippen LogP contribution in [0.1, 0.15) is 28.4 Å². The molecule has 0 bridgehead atoms. The number of hydrogen-bond acceptors (Lipinski definition) is 5. The van der Waals surface area contributed by atoms with Gasteiger partial charge in [0, 0.05) is 23.0 Å². The first kappa shape index (κ1) is 21.9. The molecule has 8 nitrogen and oxygen atoms in total. The molecular formula is C29H25N3O5. The van der Waals surface area contributed by atoms with Crippen LogP contribution in [0.4, 0.5) is 0 Å². The predicted molar refractivity (Wildman–Crippen MR) is 135 cm³/mol. The summed E-state index contributed by atoms with van der Waals surface area (Å²) in [5.41, 5.74) is 4.82. The van der Waals surface area contributed by atoms with Crippen molar-refractivity contribution in [1.82, 2.24) is 15.2 Å². The van der Waals surface area contributed by atoms with Gasteiger partial charge in [-0.3, -0.25) is 9.59 Å². The van der Waals surface area contributed by atoms with Gasteiger partial charge in [-0.25, -0.2) is 0 Å². The molecule has 4 heterocycles. The summed E-state index contributed by atoms with van der Waals surface area (Å²) in [6, 6.07) is 21.6. The van der Waals surface area contributed by atoms with E-state index in [1.807, 2.05) is 66.7 Å². The van der Waals surface area contributed by atoms with Crippen molar-refractivity contribution in [1.29, 1.82) is 0 Å². The Morgan fingerprint density at radius 3 is 2.65 bits per heavy atom. The number of rotatable bonds is 5. The molecule has 3 aliphatic heterocycles. The highest BCUT2D eigenvalue weighted by Gasteiger charge is 2.49. The van der Waals surface area contributed by atoms with Gasteiger partial charge >= 0.3 is 0 Å². The van der Waals surface area contributed by atoms with Crippen molar-refractivity contribution in [3.63, 3.8) is 0 Å². The zero-order valence-corrected chi connectivity index (χ0v) is 20.0. The van der Waals surface area contributed by atoms with Gasteiger partial charge in [0.1, 0.15) is 12.1 Å². The smallest absolute Gasteiger partial charge is 0.249 e. The maximum absolute atomic E-state index is 14.0. The fraction of sp³-hybridized carbons (Fsp3) is 0.241. The standard InChI is InChI=1S/C29H25N3O5/c33-28-23-13-20-19-8-4-5-9-21(19)30-26(20)27(18-10-11-24-25(12-18)37-16-36-24)32(23)29(34)22(31-28)15-35-14-17-6-2-1-3-7-17/h1-12,22-23,27,30H,13-16H2,(H,31,33)/t22-,23+,27?/m0/s1. The first-order valence-electron chi connectivity index (χ1n) is 12.4.